The summed E-state index contributed by atoms with van der Waals surface area (Å²) in [4.78, 5) is 0. The second-order valence-electron chi connectivity index (χ2n) is 0.682. The summed E-state index contributed by atoms with van der Waals surface area (Å²) < 4.78 is 26.6. The maximum absolute atomic E-state index is 9.44. The minimum atomic E-state index is -3.90. The molecule has 0 atom stereocenters. The zero-order valence-electron chi connectivity index (χ0n) is 3.25. The van der Waals surface area contributed by atoms with Crippen molar-refractivity contribution < 1.29 is 50.3 Å². The Morgan fingerprint density at radius 3 is 1.71 bits per heavy atom. The fraction of sp³-hybridized carbons (Fsp3) is 0. The molecule has 0 heterocycles. The molecule has 0 aromatic heterocycles. The van der Waals surface area contributed by atoms with Crippen molar-refractivity contribution in [3.8, 4) is 0 Å². The van der Waals surface area contributed by atoms with Gasteiger partial charge in [0.2, 0.25) is 0 Å². The van der Waals surface area contributed by atoms with Crippen molar-refractivity contribution in [3.05, 3.63) is 12.0 Å². The fourth-order valence-corrected chi connectivity index (χ4v) is 0. The van der Waals surface area contributed by atoms with E-state index in [0.717, 1.165) is 0 Å². The molecular formula is C2H4ErO3S. The molecule has 0 aromatic rings. The van der Waals surface area contributed by atoms with Gasteiger partial charge in [-0.2, -0.15) is 8.42 Å². The van der Waals surface area contributed by atoms with Gasteiger partial charge < -0.3 is 0 Å². The van der Waals surface area contributed by atoms with Crippen LogP contribution in [0.5, 0.6) is 0 Å². The van der Waals surface area contributed by atoms with Crippen LogP contribution in [0.2, 0.25) is 0 Å². The first-order valence-electron chi connectivity index (χ1n) is 1.16. The quantitative estimate of drug-likeness (QED) is 0.686. The molecule has 0 spiro atoms. The predicted molar refractivity (Wildman–Crippen MR) is 21.7 cm³/mol. The number of hydrogen-bond donors (Lipinski definition) is 1. The van der Waals surface area contributed by atoms with Gasteiger partial charge in [-0.05, 0) is 0 Å². The number of rotatable bonds is 1. The third-order valence-electron chi connectivity index (χ3n) is 0.211. The summed E-state index contributed by atoms with van der Waals surface area (Å²) in [5.41, 5.74) is 0. The Bertz CT molecular complexity index is 123. The monoisotopic (exact) mass is 274 g/mol. The first kappa shape index (κ1) is 10.8. The van der Waals surface area contributed by atoms with E-state index in [0.29, 0.717) is 5.41 Å². The zero-order chi connectivity index (χ0) is 5.21. The molecule has 0 bridgehead atoms. The normalized spacial score (nSPS) is 9.29. The summed E-state index contributed by atoms with van der Waals surface area (Å²) in [6.07, 6.45) is 0. The maximum atomic E-state index is 9.44. The summed E-state index contributed by atoms with van der Waals surface area (Å²) in [5, 5.41) is 0.465. The molecule has 0 unspecified atom stereocenters. The SMILES string of the molecule is C=CS(=O)(=O)O.[Er]. The van der Waals surface area contributed by atoms with Gasteiger partial charge in [0.1, 0.15) is 0 Å². The van der Waals surface area contributed by atoms with Crippen LogP contribution in [-0.2, 0) is 10.1 Å². The average molecular weight is 275 g/mol. The molecule has 0 fully saturated rings. The molecule has 7 heavy (non-hydrogen) atoms. The predicted octanol–water partition coefficient (Wildman–Crippen LogP) is 0.0177. The molecule has 0 aromatic carbocycles. The molecule has 0 aliphatic heterocycles. The van der Waals surface area contributed by atoms with E-state index in [4.69, 9.17) is 4.55 Å². The average Bonchev–Trinajstić information content (AvgIpc) is 1.35. The maximum Gasteiger partial charge on any atom is 0.287 e. The number of hydrogen-bond acceptors (Lipinski definition) is 2. The zero-order valence-corrected chi connectivity index (χ0v) is 5.91. The minimum absolute atomic E-state index is 0. The molecule has 1 N–H and O–H groups in total. The van der Waals surface area contributed by atoms with Crippen LogP contribution in [0.15, 0.2) is 12.0 Å². The Labute approximate surface area is 71.8 Å². The molecule has 0 aliphatic rings. The molecule has 0 amide bonds. The van der Waals surface area contributed by atoms with Crippen molar-refractivity contribution in [2.75, 3.05) is 0 Å². The van der Waals surface area contributed by atoms with Crippen LogP contribution in [0.3, 0.4) is 0 Å². The van der Waals surface area contributed by atoms with E-state index < -0.39 is 10.1 Å². The third kappa shape index (κ3) is 10.9. The van der Waals surface area contributed by atoms with E-state index in [1.807, 2.05) is 0 Å². The van der Waals surface area contributed by atoms with E-state index in [9.17, 15) is 8.42 Å². The molecule has 0 saturated heterocycles. The standard InChI is InChI=1S/C2H4O3S.Er/c1-2-6(3,4)5;/h2H,1H2,(H,3,4,5);. The molecule has 48 valence electrons. The Morgan fingerprint density at radius 2 is 1.71 bits per heavy atom. The van der Waals surface area contributed by atoms with Crippen LogP contribution < -0.4 is 0 Å². The largest absolute Gasteiger partial charge is 0.287 e. The molecular weight excluding hydrogens is 271 g/mol. The molecule has 0 rings (SSSR count). The smallest absolute Gasteiger partial charge is 0.282 e. The third-order valence-corrected chi connectivity index (χ3v) is 0.632. The van der Waals surface area contributed by atoms with Crippen LogP contribution in [0, 0.1) is 37.3 Å². The van der Waals surface area contributed by atoms with E-state index in [2.05, 4.69) is 6.58 Å². The molecule has 0 aliphatic carbocycles. The Morgan fingerprint density at radius 1 is 1.57 bits per heavy atom. The van der Waals surface area contributed by atoms with Crippen molar-refractivity contribution in [3.63, 3.8) is 0 Å². The van der Waals surface area contributed by atoms with E-state index in [-0.39, 0.29) is 37.3 Å². The van der Waals surface area contributed by atoms with Gasteiger partial charge in [-0.1, -0.05) is 6.58 Å². The van der Waals surface area contributed by atoms with Crippen LogP contribution in [0.25, 0.3) is 0 Å². The first-order chi connectivity index (χ1) is 2.56. The van der Waals surface area contributed by atoms with Crippen molar-refractivity contribution >= 4 is 10.1 Å². The van der Waals surface area contributed by atoms with Gasteiger partial charge in [0, 0.05) is 37.3 Å². The Balaban J connectivity index is 0. The fourth-order valence-electron chi connectivity index (χ4n) is 0. The summed E-state index contributed by atoms with van der Waals surface area (Å²) in [6, 6.07) is 0. The van der Waals surface area contributed by atoms with Gasteiger partial charge in [-0.25, -0.2) is 0 Å². The Kier molecular flexibility index (Phi) is 5.93. The van der Waals surface area contributed by atoms with Crippen LogP contribution in [-0.4, -0.2) is 13.0 Å². The van der Waals surface area contributed by atoms with E-state index >= 15 is 0 Å². The summed E-state index contributed by atoms with van der Waals surface area (Å²) in [6.45, 7) is 2.79. The van der Waals surface area contributed by atoms with Gasteiger partial charge in [0.05, 0.1) is 5.41 Å². The van der Waals surface area contributed by atoms with Crippen molar-refractivity contribution in [1.29, 1.82) is 0 Å². The molecule has 0 saturated carbocycles. The molecule has 3 nitrogen and oxygen atoms in total. The van der Waals surface area contributed by atoms with Gasteiger partial charge in [0.15, 0.2) is 0 Å². The van der Waals surface area contributed by atoms with Gasteiger partial charge >= 0.3 is 0 Å². The Hall–Kier alpha value is 0.897. The molecule has 0 radical (unpaired) electrons. The van der Waals surface area contributed by atoms with E-state index in [1.165, 1.54) is 0 Å². The minimum Gasteiger partial charge on any atom is -0.282 e. The topological polar surface area (TPSA) is 54.4 Å². The van der Waals surface area contributed by atoms with Crippen molar-refractivity contribution in [2.45, 2.75) is 0 Å². The molecule has 5 heteroatoms. The van der Waals surface area contributed by atoms with Gasteiger partial charge in [-0.3, -0.25) is 4.55 Å². The van der Waals surface area contributed by atoms with Gasteiger partial charge in [-0.15, -0.1) is 0 Å². The summed E-state index contributed by atoms with van der Waals surface area (Å²) in [7, 11) is -3.90. The summed E-state index contributed by atoms with van der Waals surface area (Å²) in [5.74, 6) is 0. The van der Waals surface area contributed by atoms with Gasteiger partial charge in [0.25, 0.3) is 10.1 Å². The second kappa shape index (κ2) is 3.85. The van der Waals surface area contributed by atoms with Crippen molar-refractivity contribution in [2.24, 2.45) is 0 Å². The second-order valence-corrected chi connectivity index (χ2v) is 2.04. The van der Waals surface area contributed by atoms with Crippen LogP contribution in [0.1, 0.15) is 0 Å². The first-order valence-corrected chi connectivity index (χ1v) is 2.66. The van der Waals surface area contributed by atoms with E-state index in [1.54, 1.807) is 0 Å². The summed E-state index contributed by atoms with van der Waals surface area (Å²) >= 11 is 0. The van der Waals surface area contributed by atoms with Crippen LogP contribution >= 0.6 is 0 Å². The van der Waals surface area contributed by atoms with Crippen molar-refractivity contribution in [1.82, 2.24) is 0 Å². The van der Waals surface area contributed by atoms with Crippen LogP contribution in [0.4, 0.5) is 0 Å².